The summed E-state index contributed by atoms with van der Waals surface area (Å²) in [5.74, 6) is -1.80. The Bertz CT molecular complexity index is 490. The quantitative estimate of drug-likeness (QED) is 0.723. The van der Waals surface area contributed by atoms with Gasteiger partial charge >= 0.3 is 5.97 Å². The molecule has 0 heterocycles. The van der Waals surface area contributed by atoms with Gasteiger partial charge in [0.1, 0.15) is 12.4 Å². The van der Waals surface area contributed by atoms with E-state index in [1.165, 1.54) is 18.2 Å². The zero-order valence-corrected chi connectivity index (χ0v) is 11.1. The van der Waals surface area contributed by atoms with Crippen molar-refractivity contribution < 1.29 is 24.5 Å². The van der Waals surface area contributed by atoms with Crippen LogP contribution in [-0.2, 0) is 9.53 Å². The van der Waals surface area contributed by atoms with E-state index in [4.69, 9.17) is 9.84 Å². The Labute approximate surface area is 111 Å². The molecule has 1 aromatic rings. The molecule has 0 aliphatic rings. The lowest BCUT2D eigenvalue weighted by atomic mass is 10.2. The third-order valence-electron chi connectivity index (χ3n) is 2.15. The van der Waals surface area contributed by atoms with Gasteiger partial charge in [-0.3, -0.25) is 4.79 Å². The molecule has 0 aliphatic carbocycles. The summed E-state index contributed by atoms with van der Waals surface area (Å²) in [5, 5.41) is 20.8. The summed E-state index contributed by atoms with van der Waals surface area (Å²) < 4.78 is 5.27. The summed E-state index contributed by atoms with van der Waals surface area (Å²) in [6.45, 7) is 5.24. The second-order valence-corrected chi connectivity index (χ2v) is 4.99. The number of carboxylic acid groups (broad SMARTS) is 1. The molecule has 1 aromatic carbocycles. The first-order valence-corrected chi connectivity index (χ1v) is 5.69. The normalized spacial score (nSPS) is 11.1. The fourth-order valence-corrected chi connectivity index (χ4v) is 1.24. The van der Waals surface area contributed by atoms with E-state index in [0.29, 0.717) is 0 Å². The number of carbonyl (C=O) groups is 2. The smallest absolute Gasteiger partial charge is 0.335 e. The number of aromatic carboxylic acids is 1. The van der Waals surface area contributed by atoms with Crippen LogP contribution in [0.5, 0.6) is 5.75 Å². The highest BCUT2D eigenvalue weighted by molar-refractivity contribution is 5.96. The molecule has 0 bridgehead atoms. The summed E-state index contributed by atoms with van der Waals surface area (Å²) in [6, 6.07) is 3.65. The molecule has 0 atom stereocenters. The average molecular weight is 267 g/mol. The molecule has 6 heteroatoms. The third kappa shape index (κ3) is 4.97. The van der Waals surface area contributed by atoms with Crippen LogP contribution < -0.4 is 5.32 Å². The second-order valence-electron chi connectivity index (χ2n) is 4.99. The molecule has 0 fully saturated rings. The van der Waals surface area contributed by atoms with Gasteiger partial charge in [0.15, 0.2) is 0 Å². The Kier molecular flexibility index (Phi) is 4.50. The predicted octanol–water partition coefficient (Wildman–Crippen LogP) is 1.84. The average Bonchev–Trinajstić information content (AvgIpc) is 2.28. The van der Waals surface area contributed by atoms with Crippen LogP contribution in [-0.4, -0.2) is 34.3 Å². The standard InChI is InChI=1S/C13H17NO5/c1-13(2,3)19-7-11(16)14-9-6-8(12(17)18)4-5-10(9)15/h4-6,15H,7H2,1-3H3,(H,14,16)(H,17,18). The van der Waals surface area contributed by atoms with Crippen LogP contribution in [0.2, 0.25) is 0 Å². The zero-order chi connectivity index (χ0) is 14.6. The van der Waals surface area contributed by atoms with E-state index in [1.807, 2.05) is 20.8 Å². The minimum Gasteiger partial charge on any atom is -0.506 e. The number of rotatable bonds is 4. The second kappa shape index (κ2) is 5.71. The number of carbonyl (C=O) groups excluding carboxylic acids is 1. The number of amides is 1. The van der Waals surface area contributed by atoms with Gasteiger partial charge in [-0.15, -0.1) is 0 Å². The Morgan fingerprint density at radius 3 is 2.47 bits per heavy atom. The highest BCUT2D eigenvalue weighted by atomic mass is 16.5. The number of phenols is 1. The number of hydrogen-bond donors (Lipinski definition) is 3. The van der Waals surface area contributed by atoms with E-state index < -0.39 is 17.5 Å². The first kappa shape index (κ1) is 15.0. The molecule has 0 spiro atoms. The van der Waals surface area contributed by atoms with E-state index in [0.717, 1.165) is 0 Å². The molecular weight excluding hydrogens is 250 g/mol. The van der Waals surface area contributed by atoms with Gasteiger partial charge in [0.05, 0.1) is 16.9 Å². The van der Waals surface area contributed by atoms with Crippen LogP contribution >= 0.6 is 0 Å². The molecule has 0 aromatic heterocycles. The molecule has 19 heavy (non-hydrogen) atoms. The molecule has 3 N–H and O–H groups in total. The number of ether oxygens (including phenoxy) is 1. The summed E-state index contributed by atoms with van der Waals surface area (Å²) in [5.41, 5.74) is -0.435. The lowest BCUT2D eigenvalue weighted by Gasteiger charge is -2.19. The van der Waals surface area contributed by atoms with Crippen molar-refractivity contribution in [3.05, 3.63) is 23.8 Å². The highest BCUT2D eigenvalue weighted by Gasteiger charge is 2.15. The van der Waals surface area contributed by atoms with Gasteiger partial charge in [-0.05, 0) is 39.0 Å². The summed E-state index contributed by atoms with van der Waals surface area (Å²) in [7, 11) is 0. The van der Waals surface area contributed by atoms with Crippen molar-refractivity contribution in [3.8, 4) is 5.75 Å². The van der Waals surface area contributed by atoms with Crippen LogP contribution in [0.15, 0.2) is 18.2 Å². The first-order valence-electron chi connectivity index (χ1n) is 5.69. The van der Waals surface area contributed by atoms with E-state index in [9.17, 15) is 14.7 Å². The van der Waals surface area contributed by atoms with Crippen molar-refractivity contribution in [3.63, 3.8) is 0 Å². The number of aromatic hydroxyl groups is 1. The Hall–Kier alpha value is -2.08. The zero-order valence-electron chi connectivity index (χ0n) is 11.1. The van der Waals surface area contributed by atoms with Gasteiger partial charge in [-0.2, -0.15) is 0 Å². The van der Waals surface area contributed by atoms with Crippen molar-refractivity contribution in [1.82, 2.24) is 0 Å². The highest BCUT2D eigenvalue weighted by Crippen LogP contribution is 2.24. The van der Waals surface area contributed by atoms with Gasteiger partial charge in [0.2, 0.25) is 5.91 Å². The maximum atomic E-state index is 11.6. The number of hydrogen-bond acceptors (Lipinski definition) is 4. The molecule has 104 valence electrons. The molecular formula is C13H17NO5. The molecule has 6 nitrogen and oxygen atoms in total. The largest absolute Gasteiger partial charge is 0.506 e. The van der Waals surface area contributed by atoms with Crippen LogP contribution in [0.4, 0.5) is 5.69 Å². The number of phenolic OH excluding ortho intramolecular Hbond substituents is 1. The third-order valence-corrected chi connectivity index (χ3v) is 2.15. The molecule has 0 saturated carbocycles. The SMILES string of the molecule is CC(C)(C)OCC(=O)Nc1cc(C(=O)O)ccc1O. The summed E-state index contributed by atoms with van der Waals surface area (Å²) in [6.07, 6.45) is 0. The number of nitrogens with one attached hydrogen (secondary N) is 1. The van der Waals surface area contributed by atoms with E-state index >= 15 is 0 Å². The minimum absolute atomic E-state index is 0.0233. The van der Waals surface area contributed by atoms with Gasteiger partial charge in [0, 0.05) is 0 Å². The van der Waals surface area contributed by atoms with Crippen LogP contribution in [0, 0.1) is 0 Å². The van der Waals surface area contributed by atoms with Crippen molar-refractivity contribution in [2.75, 3.05) is 11.9 Å². The first-order chi connectivity index (χ1) is 8.69. The monoisotopic (exact) mass is 267 g/mol. The Morgan fingerprint density at radius 1 is 1.32 bits per heavy atom. The molecule has 0 saturated heterocycles. The maximum absolute atomic E-state index is 11.6. The Morgan fingerprint density at radius 2 is 1.95 bits per heavy atom. The molecule has 0 aliphatic heterocycles. The Balaban J connectivity index is 2.73. The number of carboxylic acids is 1. The van der Waals surface area contributed by atoms with Gasteiger partial charge in [-0.1, -0.05) is 0 Å². The summed E-state index contributed by atoms with van der Waals surface area (Å²) in [4.78, 5) is 22.4. The van der Waals surface area contributed by atoms with Crippen molar-refractivity contribution in [1.29, 1.82) is 0 Å². The van der Waals surface area contributed by atoms with Gasteiger partial charge in [-0.25, -0.2) is 4.79 Å². The minimum atomic E-state index is -1.14. The molecule has 1 rings (SSSR count). The van der Waals surface area contributed by atoms with Crippen LogP contribution in [0.1, 0.15) is 31.1 Å². The van der Waals surface area contributed by atoms with Crippen LogP contribution in [0.25, 0.3) is 0 Å². The number of anilines is 1. The van der Waals surface area contributed by atoms with Crippen molar-refractivity contribution in [2.24, 2.45) is 0 Å². The van der Waals surface area contributed by atoms with Gasteiger partial charge < -0.3 is 20.3 Å². The topological polar surface area (TPSA) is 95.9 Å². The van der Waals surface area contributed by atoms with E-state index in [2.05, 4.69) is 5.32 Å². The molecule has 0 radical (unpaired) electrons. The van der Waals surface area contributed by atoms with Crippen molar-refractivity contribution >= 4 is 17.6 Å². The number of benzene rings is 1. The molecule has 1 amide bonds. The van der Waals surface area contributed by atoms with E-state index in [-0.39, 0.29) is 23.6 Å². The fourth-order valence-electron chi connectivity index (χ4n) is 1.24. The van der Waals surface area contributed by atoms with E-state index in [1.54, 1.807) is 0 Å². The fraction of sp³-hybridized carbons (Fsp3) is 0.385. The lowest BCUT2D eigenvalue weighted by molar-refractivity contribution is -0.125. The van der Waals surface area contributed by atoms with Crippen LogP contribution in [0.3, 0.4) is 0 Å². The maximum Gasteiger partial charge on any atom is 0.335 e. The predicted molar refractivity (Wildman–Crippen MR) is 69.4 cm³/mol. The van der Waals surface area contributed by atoms with Gasteiger partial charge in [0.25, 0.3) is 0 Å². The molecule has 0 unspecified atom stereocenters. The summed E-state index contributed by atoms with van der Waals surface area (Å²) >= 11 is 0. The van der Waals surface area contributed by atoms with Crippen molar-refractivity contribution in [2.45, 2.75) is 26.4 Å². The lowest BCUT2D eigenvalue weighted by Crippen LogP contribution is -2.27.